The molecule has 0 bridgehead atoms. The number of nitrogens with zero attached hydrogens (tertiary/aromatic N) is 5. The Hall–Kier alpha value is -2.96. The minimum absolute atomic E-state index is 0.00444. The summed E-state index contributed by atoms with van der Waals surface area (Å²) in [6, 6.07) is 3.59. The van der Waals surface area contributed by atoms with Crippen LogP contribution >= 0.6 is 0 Å². The summed E-state index contributed by atoms with van der Waals surface area (Å²) in [4.78, 5) is 23.0. The molecule has 7 heteroatoms. The highest BCUT2D eigenvalue weighted by Crippen LogP contribution is 2.34. The summed E-state index contributed by atoms with van der Waals surface area (Å²) in [5.41, 5.74) is 4.49. The lowest BCUT2D eigenvalue weighted by atomic mass is 10.0. The zero-order chi connectivity index (χ0) is 17.5. The van der Waals surface area contributed by atoms with Crippen molar-refractivity contribution in [3.8, 4) is 11.4 Å². The van der Waals surface area contributed by atoms with Crippen LogP contribution in [-0.4, -0.2) is 37.1 Å². The van der Waals surface area contributed by atoms with E-state index in [1.165, 1.54) is 24.9 Å². The van der Waals surface area contributed by atoms with Gasteiger partial charge in [0, 0.05) is 43.2 Å². The minimum atomic E-state index is 0.00444. The van der Waals surface area contributed by atoms with Gasteiger partial charge in [0.05, 0.1) is 12.1 Å². The fourth-order valence-electron chi connectivity index (χ4n) is 3.57. The number of oxazole rings is 1. The van der Waals surface area contributed by atoms with E-state index in [2.05, 4.69) is 14.6 Å². The van der Waals surface area contributed by atoms with E-state index < -0.39 is 0 Å². The SMILES string of the molecule is O=C(c1cccnc1)N1CCc2c(c(-c3cocn3)nn2CC2CC2)C1. The lowest BCUT2D eigenvalue weighted by Crippen LogP contribution is -2.36. The third-order valence-corrected chi connectivity index (χ3v) is 5.13. The molecule has 1 fully saturated rings. The van der Waals surface area contributed by atoms with E-state index in [1.807, 2.05) is 4.90 Å². The largest absolute Gasteiger partial charge is 0.451 e. The fourth-order valence-corrected chi connectivity index (χ4v) is 3.57. The van der Waals surface area contributed by atoms with E-state index in [1.54, 1.807) is 30.8 Å². The van der Waals surface area contributed by atoms with Gasteiger partial charge in [-0.2, -0.15) is 5.10 Å². The van der Waals surface area contributed by atoms with Crippen molar-refractivity contribution in [1.29, 1.82) is 0 Å². The Kier molecular flexibility index (Phi) is 3.58. The van der Waals surface area contributed by atoms with Crippen molar-refractivity contribution in [3.05, 3.63) is 54.0 Å². The molecule has 1 saturated carbocycles. The quantitative estimate of drug-likeness (QED) is 0.723. The zero-order valence-corrected chi connectivity index (χ0v) is 14.3. The first kappa shape index (κ1) is 15.3. The summed E-state index contributed by atoms with van der Waals surface area (Å²) in [6.07, 6.45) is 9.69. The molecule has 7 nitrogen and oxygen atoms in total. The van der Waals surface area contributed by atoms with Gasteiger partial charge in [0.15, 0.2) is 6.39 Å². The van der Waals surface area contributed by atoms with Gasteiger partial charge in [0.1, 0.15) is 17.7 Å². The van der Waals surface area contributed by atoms with E-state index in [4.69, 9.17) is 9.52 Å². The Morgan fingerprint density at radius 3 is 3.00 bits per heavy atom. The second-order valence-electron chi connectivity index (χ2n) is 6.99. The maximum absolute atomic E-state index is 12.8. The van der Waals surface area contributed by atoms with Crippen molar-refractivity contribution in [2.24, 2.45) is 5.92 Å². The van der Waals surface area contributed by atoms with E-state index in [0.29, 0.717) is 18.7 Å². The Morgan fingerprint density at radius 1 is 1.35 bits per heavy atom. The topological polar surface area (TPSA) is 77.1 Å². The molecule has 26 heavy (non-hydrogen) atoms. The van der Waals surface area contributed by atoms with Crippen LogP contribution in [0.25, 0.3) is 11.4 Å². The van der Waals surface area contributed by atoms with Crippen LogP contribution in [0.15, 0.2) is 41.6 Å². The maximum atomic E-state index is 12.8. The lowest BCUT2D eigenvalue weighted by Gasteiger charge is -2.28. The standard InChI is InChI=1S/C19H19N5O2/c25-19(14-2-1-6-20-8-14)23-7-5-17-15(10-23)18(16-11-26-12-21-16)22-24(17)9-13-3-4-13/h1-2,6,8,11-13H,3-5,7,9-10H2. The zero-order valence-electron chi connectivity index (χ0n) is 14.3. The van der Waals surface area contributed by atoms with Crippen molar-refractivity contribution in [3.63, 3.8) is 0 Å². The number of rotatable bonds is 4. The van der Waals surface area contributed by atoms with Gasteiger partial charge in [-0.25, -0.2) is 4.98 Å². The van der Waals surface area contributed by atoms with Crippen molar-refractivity contribution >= 4 is 5.91 Å². The van der Waals surface area contributed by atoms with E-state index in [0.717, 1.165) is 35.8 Å². The molecule has 1 aliphatic heterocycles. The number of pyridine rings is 1. The lowest BCUT2D eigenvalue weighted by molar-refractivity contribution is 0.0733. The van der Waals surface area contributed by atoms with Gasteiger partial charge < -0.3 is 9.32 Å². The van der Waals surface area contributed by atoms with Gasteiger partial charge >= 0.3 is 0 Å². The summed E-state index contributed by atoms with van der Waals surface area (Å²) in [6.45, 7) is 2.18. The first-order valence-electron chi connectivity index (χ1n) is 8.96. The number of hydrogen-bond donors (Lipinski definition) is 0. The third kappa shape index (κ3) is 2.69. The van der Waals surface area contributed by atoms with Crippen molar-refractivity contribution in [2.75, 3.05) is 6.54 Å². The predicted octanol–water partition coefficient (Wildman–Crippen LogP) is 2.54. The van der Waals surface area contributed by atoms with Gasteiger partial charge in [-0.05, 0) is 30.9 Å². The molecule has 1 aliphatic carbocycles. The van der Waals surface area contributed by atoms with Crippen molar-refractivity contribution in [1.82, 2.24) is 24.6 Å². The number of hydrogen-bond acceptors (Lipinski definition) is 5. The molecule has 0 saturated heterocycles. The van der Waals surface area contributed by atoms with Crippen LogP contribution in [0.3, 0.4) is 0 Å². The summed E-state index contributed by atoms with van der Waals surface area (Å²) < 4.78 is 7.28. The molecule has 3 aromatic heterocycles. The molecule has 5 rings (SSSR count). The average molecular weight is 349 g/mol. The summed E-state index contributed by atoms with van der Waals surface area (Å²) >= 11 is 0. The monoisotopic (exact) mass is 349 g/mol. The number of aromatic nitrogens is 4. The molecule has 0 radical (unpaired) electrons. The average Bonchev–Trinajstić information content (AvgIpc) is 3.20. The highest BCUT2D eigenvalue weighted by Gasteiger charge is 2.31. The smallest absolute Gasteiger partial charge is 0.255 e. The van der Waals surface area contributed by atoms with Crippen LogP contribution in [0, 0.1) is 5.92 Å². The Labute approximate surface area is 150 Å². The molecule has 0 spiro atoms. The molecule has 0 aromatic carbocycles. The van der Waals surface area contributed by atoms with Crippen LogP contribution in [0.2, 0.25) is 0 Å². The summed E-state index contributed by atoms with van der Waals surface area (Å²) in [7, 11) is 0. The summed E-state index contributed by atoms with van der Waals surface area (Å²) in [5, 5.41) is 4.82. The molecule has 0 unspecified atom stereocenters. The Bertz CT molecular complexity index is 929. The van der Waals surface area contributed by atoms with Gasteiger partial charge in [-0.15, -0.1) is 0 Å². The molecular weight excluding hydrogens is 330 g/mol. The first-order chi connectivity index (χ1) is 12.8. The van der Waals surface area contributed by atoms with Crippen LogP contribution in [0.1, 0.15) is 34.5 Å². The fraction of sp³-hybridized carbons (Fsp3) is 0.368. The normalized spacial score (nSPS) is 16.5. The Balaban J connectivity index is 1.49. The second-order valence-corrected chi connectivity index (χ2v) is 6.99. The molecule has 3 aromatic rings. The molecular formula is C19H19N5O2. The van der Waals surface area contributed by atoms with Crippen LogP contribution < -0.4 is 0 Å². The molecule has 1 amide bonds. The summed E-state index contributed by atoms with van der Waals surface area (Å²) in [5.74, 6) is 0.740. The van der Waals surface area contributed by atoms with Crippen molar-refractivity contribution in [2.45, 2.75) is 32.4 Å². The van der Waals surface area contributed by atoms with Crippen LogP contribution in [0.4, 0.5) is 0 Å². The molecule has 0 atom stereocenters. The van der Waals surface area contributed by atoms with Crippen molar-refractivity contribution < 1.29 is 9.21 Å². The molecule has 4 heterocycles. The van der Waals surface area contributed by atoms with E-state index in [9.17, 15) is 4.79 Å². The molecule has 2 aliphatic rings. The van der Waals surface area contributed by atoms with Crippen LogP contribution in [0.5, 0.6) is 0 Å². The highest BCUT2D eigenvalue weighted by atomic mass is 16.3. The van der Waals surface area contributed by atoms with Gasteiger partial charge in [0.25, 0.3) is 5.91 Å². The second kappa shape index (κ2) is 6.09. The molecule has 132 valence electrons. The van der Waals surface area contributed by atoms with Gasteiger partial charge in [-0.1, -0.05) is 0 Å². The third-order valence-electron chi connectivity index (χ3n) is 5.13. The van der Waals surface area contributed by atoms with Gasteiger partial charge in [0.2, 0.25) is 0 Å². The predicted molar refractivity (Wildman–Crippen MR) is 93.1 cm³/mol. The number of fused-ring (bicyclic) bond motifs is 1. The first-order valence-corrected chi connectivity index (χ1v) is 8.96. The highest BCUT2D eigenvalue weighted by molar-refractivity contribution is 5.94. The number of carbonyl (C=O) groups is 1. The number of amides is 1. The van der Waals surface area contributed by atoms with E-state index in [-0.39, 0.29) is 5.91 Å². The minimum Gasteiger partial charge on any atom is -0.451 e. The Morgan fingerprint density at radius 2 is 2.27 bits per heavy atom. The van der Waals surface area contributed by atoms with Crippen LogP contribution in [-0.2, 0) is 19.5 Å². The molecule has 0 N–H and O–H groups in total. The van der Waals surface area contributed by atoms with Gasteiger partial charge in [-0.3, -0.25) is 14.5 Å². The number of carbonyl (C=O) groups excluding carboxylic acids is 1. The maximum Gasteiger partial charge on any atom is 0.255 e. The van der Waals surface area contributed by atoms with E-state index >= 15 is 0 Å².